The van der Waals surface area contributed by atoms with Crippen LogP contribution in [0, 0.1) is 11.3 Å². The quantitative estimate of drug-likeness (QED) is 0.716. The average Bonchev–Trinajstić information content (AvgIpc) is 2.53. The number of hydrogen-bond acceptors (Lipinski definition) is 2. The number of carbonyl (C=O) groups is 1. The van der Waals surface area contributed by atoms with Crippen molar-refractivity contribution in [2.24, 2.45) is 11.3 Å². The van der Waals surface area contributed by atoms with Crippen LogP contribution in [-0.4, -0.2) is 37.6 Å². The molecule has 0 radical (unpaired) electrons. The van der Waals surface area contributed by atoms with Crippen LogP contribution in [0.5, 0.6) is 0 Å². The van der Waals surface area contributed by atoms with Crippen molar-refractivity contribution in [3.05, 3.63) is 23.8 Å². The third kappa shape index (κ3) is 2.01. The molecule has 1 aliphatic carbocycles. The van der Waals surface area contributed by atoms with Crippen molar-refractivity contribution in [1.29, 1.82) is 0 Å². The number of rotatable bonds is 4. The van der Waals surface area contributed by atoms with Gasteiger partial charge < -0.3 is 9.64 Å². The molecule has 3 nitrogen and oxygen atoms in total. The lowest BCUT2D eigenvalue weighted by Crippen LogP contribution is -2.32. The molecule has 1 amide bonds. The summed E-state index contributed by atoms with van der Waals surface area (Å²) >= 11 is 0. The minimum Gasteiger partial charge on any atom is -0.385 e. The average molecular weight is 249 g/mol. The maximum atomic E-state index is 12.5. The summed E-state index contributed by atoms with van der Waals surface area (Å²) in [5.74, 6) is 0.570. The Hall–Kier alpha value is -1.09. The SMILES string of the molecule is COCCCC1(C)C(=O)N(C)C2C=CC(C)=CC21. The van der Waals surface area contributed by atoms with Gasteiger partial charge in [0.15, 0.2) is 0 Å². The third-order valence-corrected chi connectivity index (χ3v) is 4.40. The number of allylic oxidation sites excluding steroid dienone is 2. The van der Waals surface area contributed by atoms with E-state index in [2.05, 4.69) is 32.1 Å². The number of nitrogens with zero attached hydrogens (tertiary/aromatic N) is 1. The molecule has 3 atom stereocenters. The first-order valence-corrected chi connectivity index (χ1v) is 6.63. The Kier molecular flexibility index (Phi) is 3.62. The number of amides is 1. The van der Waals surface area contributed by atoms with E-state index in [1.54, 1.807) is 7.11 Å². The van der Waals surface area contributed by atoms with Gasteiger partial charge in [-0.1, -0.05) is 30.7 Å². The van der Waals surface area contributed by atoms with Crippen molar-refractivity contribution in [3.63, 3.8) is 0 Å². The lowest BCUT2D eigenvalue weighted by atomic mass is 9.71. The number of fused-ring (bicyclic) bond motifs is 1. The molecule has 0 aromatic heterocycles. The van der Waals surface area contributed by atoms with Crippen LogP contribution >= 0.6 is 0 Å². The fourth-order valence-corrected chi connectivity index (χ4v) is 3.28. The summed E-state index contributed by atoms with van der Waals surface area (Å²) < 4.78 is 5.11. The molecule has 0 aromatic carbocycles. The normalized spacial score (nSPS) is 34.8. The predicted octanol–water partition coefficient (Wildman–Crippen LogP) is 2.39. The van der Waals surface area contributed by atoms with Gasteiger partial charge in [0, 0.05) is 26.7 Å². The molecule has 3 unspecified atom stereocenters. The molecule has 3 heteroatoms. The van der Waals surface area contributed by atoms with Crippen LogP contribution in [0.4, 0.5) is 0 Å². The fourth-order valence-electron chi connectivity index (χ4n) is 3.28. The molecule has 0 aromatic rings. The second-order valence-electron chi connectivity index (χ2n) is 5.72. The molecule has 1 heterocycles. The van der Waals surface area contributed by atoms with Crippen LogP contribution in [0.2, 0.25) is 0 Å². The van der Waals surface area contributed by atoms with Crippen molar-refractivity contribution in [2.45, 2.75) is 32.7 Å². The van der Waals surface area contributed by atoms with E-state index in [1.165, 1.54) is 5.57 Å². The maximum Gasteiger partial charge on any atom is 0.229 e. The molecule has 2 aliphatic rings. The molecule has 2 rings (SSSR count). The van der Waals surface area contributed by atoms with E-state index < -0.39 is 0 Å². The van der Waals surface area contributed by atoms with Gasteiger partial charge in [-0.15, -0.1) is 0 Å². The number of methoxy groups -OCH3 is 1. The molecular formula is C15H23NO2. The second kappa shape index (κ2) is 4.88. The zero-order chi connectivity index (χ0) is 13.3. The predicted molar refractivity (Wildman–Crippen MR) is 72.2 cm³/mol. The molecular weight excluding hydrogens is 226 g/mol. The van der Waals surface area contributed by atoms with Gasteiger partial charge in [0.05, 0.1) is 11.5 Å². The van der Waals surface area contributed by atoms with E-state index in [0.717, 1.165) is 19.4 Å². The topological polar surface area (TPSA) is 29.5 Å². The molecule has 0 bridgehead atoms. The highest BCUT2D eigenvalue weighted by Crippen LogP contribution is 2.47. The van der Waals surface area contributed by atoms with Crippen LogP contribution in [0.15, 0.2) is 23.8 Å². The number of ether oxygens (including phenoxy) is 1. The number of likely N-dealkylation sites (N-methyl/N-ethyl adjacent to an activating group) is 1. The molecule has 1 fully saturated rings. The van der Waals surface area contributed by atoms with E-state index in [-0.39, 0.29) is 17.4 Å². The summed E-state index contributed by atoms with van der Waals surface area (Å²) in [6, 6.07) is 0.230. The monoisotopic (exact) mass is 249 g/mol. The largest absolute Gasteiger partial charge is 0.385 e. The smallest absolute Gasteiger partial charge is 0.229 e. The summed E-state index contributed by atoms with van der Waals surface area (Å²) in [6.45, 7) is 4.93. The highest BCUT2D eigenvalue weighted by atomic mass is 16.5. The Morgan fingerprint density at radius 1 is 1.50 bits per heavy atom. The summed E-state index contributed by atoms with van der Waals surface area (Å²) in [5.41, 5.74) is 0.988. The van der Waals surface area contributed by atoms with Crippen molar-refractivity contribution >= 4 is 5.91 Å². The fraction of sp³-hybridized carbons (Fsp3) is 0.667. The molecule has 100 valence electrons. The Morgan fingerprint density at radius 3 is 2.89 bits per heavy atom. The maximum absolute atomic E-state index is 12.5. The first-order valence-electron chi connectivity index (χ1n) is 6.63. The first-order chi connectivity index (χ1) is 8.50. The third-order valence-electron chi connectivity index (χ3n) is 4.40. The summed E-state index contributed by atoms with van der Waals surface area (Å²) in [7, 11) is 3.63. The van der Waals surface area contributed by atoms with Gasteiger partial charge in [0.1, 0.15) is 0 Å². The lowest BCUT2D eigenvalue weighted by Gasteiger charge is -2.29. The summed E-state index contributed by atoms with van der Waals surface area (Å²) in [6.07, 6.45) is 8.37. The minimum absolute atomic E-state index is 0.230. The highest BCUT2D eigenvalue weighted by Gasteiger charge is 2.53. The van der Waals surface area contributed by atoms with Gasteiger partial charge in [0.25, 0.3) is 0 Å². The van der Waals surface area contributed by atoms with Crippen molar-refractivity contribution in [2.75, 3.05) is 20.8 Å². The first kappa shape index (κ1) is 13.3. The minimum atomic E-state index is -0.274. The van der Waals surface area contributed by atoms with Gasteiger partial charge in [-0.25, -0.2) is 0 Å². The van der Waals surface area contributed by atoms with Crippen molar-refractivity contribution in [1.82, 2.24) is 4.90 Å². The van der Waals surface area contributed by atoms with E-state index in [0.29, 0.717) is 5.92 Å². The van der Waals surface area contributed by atoms with Crippen LogP contribution in [-0.2, 0) is 9.53 Å². The molecule has 1 saturated heterocycles. The van der Waals surface area contributed by atoms with Gasteiger partial charge in [0.2, 0.25) is 5.91 Å². The Balaban J connectivity index is 2.23. The summed E-state index contributed by atoms with van der Waals surface area (Å²) in [4.78, 5) is 14.4. The van der Waals surface area contributed by atoms with Crippen molar-refractivity contribution in [3.8, 4) is 0 Å². The molecule has 0 spiro atoms. The zero-order valence-electron chi connectivity index (χ0n) is 11.8. The van der Waals surface area contributed by atoms with Crippen LogP contribution < -0.4 is 0 Å². The number of carbonyl (C=O) groups excluding carboxylic acids is 1. The second-order valence-corrected chi connectivity index (χ2v) is 5.72. The Labute approximate surface area is 109 Å². The summed E-state index contributed by atoms with van der Waals surface area (Å²) in [5, 5.41) is 0. The Morgan fingerprint density at radius 2 is 2.22 bits per heavy atom. The standard InChI is InChI=1S/C15H23NO2/c1-11-6-7-13-12(10-11)15(2,8-5-9-18-4)14(17)16(13)3/h6-7,10,12-13H,5,8-9H2,1-4H3. The lowest BCUT2D eigenvalue weighted by molar-refractivity contribution is -0.135. The molecule has 1 aliphatic heterocycles. The molecule has 0 N–H and O–H groups in total. The van der Waals surface area contributed by atoms with Crippen LogP contribution in [0.25, 0.3) is 0 Å². The Bertz CT molecular complexity index is 399. The van der Waals surface area contributed by atoms with Gasteiger partial charge >= 0.3 is 0 Å². The van der Waals surface area contributed by atoms with Gasteiger partial charge in [-0.3, -0.25) is 4.79 Å². The van der Waals surface area contributed by atoms with E-state index in [9.17, 15) is 4.79 Å². The van der Waals surface area contributed by atoms with Crippen molar-refractivity contribution < 1.29 is 9.53 Å². The van der Waals surface area contributed by atoms with E-state index >= 15 is 0 Å². The van der Waals surface area contributed by atoms with E-state index in [1.807, 2.05) is 11.9 Å². The van der Waals surface area contributed by atoms with Gasteiger partial charge in [-0.05, 0) is 19.8 Å². The number of likely N-dealkylation sites (tertiary alicyclic amines) is 1. The van der Waals surface area contributed by atoms with E-state index in [4.69, 9.17) is 4.74 Å². The van der Waals surface area contributed by atoms with Crippen LogP contribution in [0.3, 0.4) is 0 Å². The molecule has 0 saturated carbocycles. The van der Waals surface area contributed by atoms with Gasteiger partial charge in [-0.2, -0.15) is 0 Å². The molecule has 18 heavy (non-hydrogen) atoms. The highest BCUT2D eigenvalue weighted by molar-refractivity contribution is 5.86. The number of hydrogen-bond donors (Lipinski definition) is 0. The zero-order valence-corrected chi connectivity index (χ0v) is 11.8. The van der Waals surface area contributed by atoms with Crippen LogP contribution in [0.1, 0.15) is 26.7 Å².